The number of hydrogen-bond acceptors (Lipinski definition) is 4. The third-order valence-corrected chi connectivity index (χ3v) is 6.24. The Morgan fingerprint density at radius 3 is 2.67 bits per heavy atom. The van der Waals surface area contributed by atoms with E-state index in [0.29, 0.717) is 13.1 Å². The molecule has 160 valence electrons. The van der Waals surface area contributed by atoms with Crippen molar-refractivity contribution in [3.8, 4) is 0 Å². The number of amides is 1. The Morgan fingerprint density at radius 2 is 1.93 bits per heavy atom. The van der Waals surface area contributed by atoms with Crippen molar-refractivity contribution in [3.63, 3.8) is 0 Å². The second-order valence-corrected chi connectivity index (χ2v) is 8.90. The average Bonchev–Trinajstić information content (AvgIpc) is 2.75. The molecule has 1 atom stereocenters. The lowest BCUT2D eigenvalue weighted by atomic mass is 9.95. The molecule has 1 aromatic heterocycles. The quantitative estimate of drug-likeness (QED) is 0.757. The van der Waals surface area contributed by atoms with Crippen molar-refractivity contribution in [1.82, 2.24) is 14.9 Å². The number of piperidine rings is 1. The Hall–Kier alpha value is -2.50. The number of fused-ring (bicyclic) bond motifs is 1. The minimum absolute atomic E-state index is 0.0149. The van der Waals surface area contributed by atoms with Crippen molar-refractivity contribution < 1.29 is 9.18 Å². The van der Waals surface area contributed by atoms with Crippen LogP contribution in [0, 0.1) is 18.7 Å². The Labute approximate surface area is 178 Å². The van der Waals surface area contributed by atoms with Crippen LogP contribution in [0.5, 0.6) is 0 Å². The van der Waals surface area contributed by atoms with Crippen molar-refractivity contribution in [3.05, 3.63) is 52.7 Å². The summed E-state index contributed by atoms with van der Waals surface area (Å²) in [6.07, 6.45) is 4.06. The van der Waals surface area contributed by atoms with Crippen LogP contribution >= 0.6 is 0 Å². The fourth-order valence-electron chi connectivity index (χ4n) is 4.61. The topological polar surface area (TPSA) is 49.3 Å². The Kier molecular flexibility index (Phi) is 6.02. The van der Waals surface area contributed by atoms with Gasteiger partial charge in [-0.05, 0) is 50.3 Å². The van der Waals surface area contributed by atoms with Crippen molar-refractivity contribution in [2.24, 2.45) is 5.92 Å². The Bertz CT molecular complexity index is 912. The number of aromatic nitrogens is 2. The second kappa shape index (κ2) is 8.70. The van der Waals surface area contributed by atoms with Gasteiger partial charge in [-0.1, -0.05) is 26.0 Å². The van der Waals surface area contributed by atoms with Crippen LogP contribution in [0.15, 0.2) is 24.3 Å². The summed E-state index contributed by atoms with van der Waals surface area (Å²) in [4.78, 5) is 26.7. The van der Waals surface area contributed by atoms with Crippen molar-refractivity contribution >= 4 is 11.7 Å². The van der Waals surface area contributed by atoms with Crippen LogP contribution in [0.1, 0.15) is 61.7 Å². The van der Waals surface area contributed by atoms with E-state index in [2.05, 4.69) is 11.8 Å². The number of rotatable bonds is 4. The Balaban J connectivity index is 1.60. The smallest absolute Gasteiger partial charge is 0.225 e. The summed E-state index contributed by atoms with van der Waals surface area (Å²) in [5, 5.41) is 0. The third kappa shape index (κ3) is 4.32. The maximum Gasteiger partial charge on any atom is 0.225 e. The van der Waals surface area contributed by atoms with Crippen molar-refractivity contribution in [2.45, 2.75) is 58.9 Å². The fraction of sp³-hybridized carbons (Fsp3) is 0.542. The summed E-state index contributed by atoms with van der Waals surface area (Å²) in [6, 6.07) is 6.71. The summed E-state index contributed by atoms with van der Waals surface area (Å²) in [6.45, 7) is 9.17. The molecule has 0 aliphatic carbocycles. The number of halogens is 1. The molecule has 30 heavy (non-hydrogen) atoms. The number of benzene rings is 1. The van der Waals surface area contributed by atoms with Crippen molar-refractivity contribution in [2.75, 3.05) is 24.5 Å². The fourth-order valence-corrected chi connectivity index (χ4v) is 4.61. The zero-order valence-corrected chi connectivity index (χ0v) is 18.2. The largest absolute Gasteiger partial charge is 0.352 e. The standard InChI is InChI=1S/C24H31FN4O/c1-16(2)24(30)29-13-4-6-19(15-29)22-26-17(3)21-7-5-12-28(23(21)27-22)14-18-8-10-20(25)11-9-18/h8-11,16,19H,4-7,12-15H2,1-3H3. The van der Waals surface area contributed by atoms with Crippen molar-refractivity contribution in [1.29, 1.82) is 0 Å². The molecule has 5 nitrogen and oxygen atoms in total. The molecule has 1 fully saturated rings. The molecule has 2 aromatic rings. The third-order valence-electron chi connectivity index (χ3n) is 6.24. The molecule has 6 heteroatoms. The van der Waals surface area contributed by atoms with E-state index >= 15 is 0 Å². The van der Waals surface area contributed by atoms with Gasteiger partial charge >= 0.3 is 0 Å². The van der Waals surface area contributed by atoms with E-state index in [-0.39, 0.29) is 23.6 Å². The van der Waals surface area contributed by atoms with Gasteiger partial charge in [0, 0.05) is 49.3 Å². The number of nitrogens with zero attached hydrogens (tertiary/aromatic N) is 4. The van der Waals surface area contributed by atoms with Gasteiger partial charge in [0.1, 0.15) is 17.5 Å². The molecule has 1 aromatic carbocycles. The predicted molar refractivity (Wildman–Crippen MR) is 116 cm³/mol. The lowest BCUT2D eigenvalue weighted by Gasteiger charge is -2.35. The highest BCUT2D eigenvalue weighted by Crippen LogP contribution is 2.32. The van der Waals surface area contributed by atoms with Gasteiger partial charge in [-0.2, -0.15) is 0 Å². The first-order chi connectivity index (χ1) is 14.4. The van der Waals surface area contributed by atoms with Gasteiger partial charge in [0.15, 0.2) is 0 Å². The van der Waals surface area contributed by atoms with E-state index in [9.17, 15) is 9.18 Å². The summed E-state index contributed by atoms with van der Waals surface area (Å²) >= 11 is 0. The summed E-state index contributed by atoms with van der Waals surface area (Å²) in [7, 11) is 0. The minimum Gasteiger partial charge on any atom is -0.352 e. The van der Waals surface area contributed by atoms with Crippen LogP contribution in [0.3, 0.4) is 0 Å². The number of carbonyl (C=O) groups excluding carboxylic acids is 1. The summed E-state index contributed by atoms with van der Waals surface area (Å²) in [5.74, 6) is 2.07. The van der Waals surface area contributed by atoms with Gasteiger partial charge in [-0.25, -0.2) is 14.4 Å². The lowest BCUT2D eigenvalue weighted by Crippen LogP contribution is -2.41. The molecule has 1 amide bonds. The number of carbonyl (C=O) groups is 1. The molecule has 1 saturated heterocycles. The first-order valence-corrected chi connectivity index (χ1v) is 11.1. The first kappa shape index (κ1) is 20.8. The summed E-state index contributed by atoms with van der Waals surface area (Å²) < 4.78 is 13.3. The maximum atomic E-state index is 13.3. The molecular weight excluding hydrogens is 379 g/mol. The summed E-state index contributed by atoms with van der Waals surface area (Å²) in [5.41, 5.74) is 3.34. The molecule has 0 N–H and O–H groups in total. The number of likely N-dealkylation sites (tertiary alicyclic amines) is 1. The number of anilines is 1. The molecule has 3 heterocycles. The molecular formula is C24H31FN4O. The van der Waals surface area contributed by atoms with Crippen LogP contribution in [-0.2, 0) is 17.8 Å². The van der Waals surface area contributed by atoms with Gasteiger partial charge in [-0.3, -0.25) is 4.79 Å². The zero-order valence-electron chi connectivity index (χ0n) is 18.2. The molecule has 0 radical (unpaired) electrons. The van der Waals surface area contributed by atoms with Crippen LogP contribution in [0.25, 0.3) is 0 Å². The van der Waals surface area contributed by atoms with Crippen LogP contribution in [0.2, 0.25) is 0 Å². The minimum atomic E-state index is -0.212. The predicted octanol–water partition coefficient (Wildman–Crippen LogP) is 4.24. The second-order valence-electron chi connectivity index (χ2n) is 8.90. The zero-order chi connectivity index (χ0) is 21.3. The van der Waals surface area contributed by atoms with Crippen LogP contribution in [0.4, 0.5) is 10.2 Å². The van der Waals surface area contributed by atoms with Crippen LogP contribution < -0.4 is 4.90 Å². The van der Waals surface area contributed by atoms with E-state index < -0.39 is 0 Å². The van der Waals surface area contributed by atoms with Gasteiger partial charge in [-0.15, -0.1) is 0 Å². The number of aryl methyl sites for hydroxylation is 1. The molecule has 0 saturated carbocycles. The van der Waals surface area contributed by atoms with E-state index in [1.807, 2.05) is 30.9 Å². The lowest BCUT2D eigenvalue weighted by molar-refractivity contribution is -0.135. The first-order valence-electron chi connectivity index (χ1n) is 11.1. The maximum absolute atomic E-state index is 13.3. The highest BCUT2D eigenvalue weighted by molar-refractivity contribution is 5.78. The molecule has 0 spiro atoms. The normalized spacial score (nSPS) is 19.2. The van der Waals surface area contributed by atoms with Gasteiger partial charge in [0.05, 0.1) is 0 Å². The highest BCUT2D eigenvalue weighted by Gasteiger charge is 2.30. The van der Waals surface area contributed by atoms with Gasteiger partial charge in [0.25, 0.3) is 0 Å². The van der Waals surface area contributed by atoms with E-state index in [1.54, 1.807) is 0 Å². The van der Waals surface area contributed by atoms with Crippen LogP contribution in [-0.4, -0.2) is 40.4 Å². The monoisotopic (exact) mass is 410 g/mol. The highest BCUT2D eigenvalue weighted by atomic mass is 19.1. The van der Waals surface area contributed by atoms with Gasteiger partial charge in [0.2, 0.25) is 5.91 Å². The SMILES string of the molecule is Cc1nc(C2CCCN(C(=O)C(C)C)C2)nc2c1CCCN2Cc1ccc(F)cc1. The molecule has 4 rings (SSSR count). The molecule has 2 aliphatic heterocycles. The molecule has 1 unspecified atom stereocenters. The Morgan fingerprint density at radius 1 is 1.17 bits per heavy atom. The molecule has 0 bridgehead atoms. The number of hydrogen-bond donors (Lipinski definition) is 0. The van der Waals surface area contributed by atoms with E-state index in [0.717, 1.165) is 61.7 Å². The van der Waals surface area contributed by atoms with E-state index in [4.69, 9.17) is 9.97 Å². The van der Waals surface area contributed by atoms with Gasteiger partial charge < -0.3 is 9.80 Å². The molecule has 2 aliphatic rings. The van der Waals surface area contributed by atoms with E-state index in [1.165, 1.54) is 17.7 Å². The average molecular weight is 411 g/mol.